The number of amides is 1. The van der Waals surface area contributed by atoms with Crippen molar-refractivity contribution in [3.8, 4) is 5.75 Å². The fraction of sp³-hybridized carbons (Fsp3) is 0.444. The summed E-state index contributed by atoms with van der Waals surface area (Å²) < 4.78 is 12.9. The van der Waals surface area contributed by atoms with Crippen LogP contribution >= 0.6 is 0 Å². The number of methoxy groups -OCH3 is 1. The Morgan fingerprint density at radius 1 is 1.33 bits per heavy atom. The zero-order valence-corrected chi connectivity index (χ0v) is 13.8. The van der Waals surface area contributed by atoms with Crippen molar-refractivity contribution in [2.45, 2.75) is 32.0 Å². The molecular weight excluding hydrogens is 306 g/mol. The van der Waals surface area contributed by atoms with Gasteiger partial charge in [0, 0.05) is 18.7 Å². The van der Waals surface area contributed by atoms with Crippen molar-refractivity contribution in [2.24, 2.45) is 0 Å². The molecule has 1 aromatic heterocycles. The van der Waals surface area contributed by atoms with Crippen LogP contribution < -0.4 is 4.74 Å². The number of benzene rings is 1. The minimum absolute atomic E-state index is 0.0454. The Morgan fingerprint density at radius 3 is 3.08 bits per heavy atom. The number of fused-ring (bicyclic) bond motifs is 1. The third-order valence-electron chi connectivity index (χ3n) is 4.86. The zero-order chi connectivity index (χ0) is 16.5. The summed E-state index contributed by atoms with van der Waals surface area (Å²) in [6.45, 7) is 2.55. The molecule has 0 aliphatic carbocycles. The number of aromatic nitrogens is 2. The molecule has 0 saturated carbocycles. The third-order valence-corrected chi connectivity index (χ3v) is 4.86. The van der Waals surface area contributed by atoms with Crippen LogP contribution in [0, 0.1) is 0 Å². The number of rotatable bonds is 3. The van der Waals surface area contributed by atoms with E-state index in [0.29, 0.717) is 25.5 Å². The molecule has 6 nitrogen and oxygen atoms in total. The molecule has 0 bridgehead atoms. The van der Waals surface area contributed by atoms with Crippen molar-refractivity contribution in [1.29, 1.82) is 0 Å². The first-order chi connectivity index (χ1) is 11.8. The second kappa shape index (κ2) is 6.28. The lowest BCUT2D eigenvalue weighted by atomic mass is 10.0. The lowest BCUT2D eigenvalue weighted by Gasteiger charge is -2.27. The summed E-state index contributed by atoms with van der Waals surface area (Å²) in [4.78, 5) is 19.4. The Bertz CT molecular complexity index is 756. The normalized spacial score (nSPS) is 20.0. The van der Waals surface area contributed by atoms with Gasteiger partial charge in [0.05, 0.1) is 26.0 Å². The quantitative estimate of drug-likeness (QED) is 0.869. The van der Waals surface area contributed by atoms with Gasteiger partial charge >= 0.3 is 0 Å². The van der Waals surface area contributed by atoms with Crippen LogP contribution in [-0.4, -0.2) is 40.6 Å². The maximum absolute atomic E-state index is 13.1. The summed E-state index contributed by atoms with van der Waals surface area (Å²) in [7, 11) is 1.67. The second-order valence-corrected chi connectivity index (χ2v) is 6.16. The van der Waals surface area contributed by atoms with E-state index in [4.69, 9.17) is 9.47 Å². The molecule has 4 rings (SSSR count). The summed E-state index contributed by atoms with van der Waals surface area (Å²) >= 11 is 0. The van der Waals surface area contributed by atoms with Crippen molar-refractivity contribution >= 4 is 5.91 Å². The molecule has 6 heteroatoms. The highest BCUT2D eigenvalue weighted by Crippen LogP contribution is 2.37. The number of nitrogens with zero attached hydrogens (tertiary/aromatic N) is 3. The first-order valence-corrected chi connectivity index (χ1v) is 8.35. The van der Waals surface area contributed by atoms with Crippen LogP contribution in [-0.2, 0) is 17.9 Å². The minimum atomic E-state index is 0.0454. The molecule has 0 radical (unpaired) electrons. The van der Waals surface area contributed by atoms with Crippen LogP contribution in [0.5, 0.6) is 5.75 Å². The van der Waals surface area contributed by atoms with Crippen molar-refractivity contribution in [3.63, 3.8) is 0 Å². The number of hydrogen-bond acceptors (Lipinski definition) is 4. The van der Waals surface area contributed by atoms with E-state index < -0.39 is 0 Å². The van der Waals surface area contributed by atoms with Gasteiger partial charge in [-0.3, -0.25) is 4.79 Å². The average Bonchev–Trinajstić information content (AvgIpc) is 3.28. The van der Waals surface area contributed by atoms with Crippen LogP contribution in [0.15, 0.2) is 30.5 Å². The van der Waals surface area contributed by atoms with E-state index in [0.717, 1.165) is 36.5 Å². The highest BCUT2D eigenvalue weighted by atomic mass is 16.5. The molecular formula is C18H21N3O3. The van der Waals surface area contributed by atoms with E-state index in [1.807, 2.05) is 27.7 Å². The molecule has 2 aliphatic rings. The maximum atomic E-state index is 13.1. The van der Waals surface area contributed by atoms with Gasteiger partial charge < -0.3 is 18.9 Å². The number of carbonyl (C=O) groups is 1. The maximum Gasteiger partial charge on any atom is 0.272 e. The third kappa shape index (κ3) is 2.47. The molecule has 2 aliphatic heterocycles. The van der Waals surface area contributed by atoms with Gasteiger partial charge in [0.15, 0.2) is 0 Å². The molecule has 0 spiro atoms. The zero-order valence-electron chi connectivity index (χ0n) is 13.8. The van der Waals surface area contributed by atoms with Crippen LogP contribution in [0.25, 0.3) is 0 Å². The fourth-order valence-corrected chi connectivity index (χ4v) is 3.69. The summed E-state index contributed by atoms with van der Waals surface area (Å²) in [5.74, 6) is 1.72. The first kappa shape index (κ1) is 15.2. The van der Waals surface area contributed by atoms with Crippen LogP contribution in [0.1, 0.15) is 40.8 Å². The van der Waals surface area contributed by atoms with Gasteiger partial charge in [-0.2, -0.15) is 0 Å². The molecule has 1 saturated heterocycles. The SMILES string of the molecule is COc1ccccc1C1CCCN1C(=O)c1cnc2n1CCOC2. The van der Waals surface area contributed by atoms with E-state index in [-0.39, 0.29) is 11.9 Å². The molecule has 1 fully saturated rings. The van der Waals surface area contributed by atoms with E-state index >= 15 is 0 Å². The molecule has 3 heterocycles. The number of hydrogen-bond donors (Lipinski definition) is 0. The van der Waals surface area contributed by atoms with Gasteiger partial charge in [0.1, 0.15) is 23.9 Å². The fourth-order valence-electron chi connectivity index (χ4n) is 3.69. The summed E-state index contributed by atoms with van der Waals surface area (Å²) in [6.07, 6.45) is 3.64. The second-order valence-electron chi connectivity index (χ2n) is 6.16. The molecule has 1 unspecified atom stereocenters. The van der Waals surface area contributed by atoms with Crippen LogP contribution in [0.4, 0.5) is 0 Å². The van der Waals surface area contributed by atoms with E-state index in [1.54, 1.807) is 13.3 Å². The molecule has 1 atom stereocenters. The van der Waals surface area contributed by atoms with Crippen molar-refractivity contribution in [1.82, 2.24) is 14.5 Å². The smallest absolute Gasteiger partial charge is 0.272 e. The average molecular weight is 327 g/mol. The first-order valence-electron chi connectivity index (χ1n) is 8.35. The van der Waals surface area contributed by atoms with Crippen LogP contribution in [0.2, 0.25) is 0 Å². The summed E-state index contributed by atoms with van der Waals surface area (Å²) in [6, 6.07) is 8.01. The van der Waals surface area contributed by atoms with Gasteiger partial charge in [0.2, 0.25) is 0 Å². The minimum Gasteiger partial charge on any atom is -0.496 e. The molecule has 0 N–H and O–H groups in total. The summed E-state index contributed by atoms with van der Waals surface area (Å²) in [5, 5.41) is 0. The van der Waals surface area contributed by atoms with E-state index in [9.17, 15) is 4.79 Å². The monoisotopic (exact) mass is 327 g/mol. The Balaban J connectivity index is 1.65. The van der Waals surface area contributed by atoms with Gasteiger partial charge in [-0.05, 0) is 18.9 Å². The van der Waals surface area contributed by atoms with Crippen molar-refractivity contribution < 1.29 is 14.3 Å². The topological polar surface area (TPSA) is 56.6 Å². The highest BCUT2D eigenvalue weighted by Gasteiger charge is 2.34. The van der Waals surface area contributed by atoms with Gasteiger partial charge in [-0.25, -0.2) is 4.98 Å². The van der Waals surface area contributed by atoms with Gasteiger partial charge in [-0.15, -0.1) is 0 Å². The lowest BCUT2D eigenvalue weighted by Crippen LogP contribution is -2.33. The highest BCUT2D eigenvalue weighted by molar-refractivity contribution is 5.93. The predicted octanol–water partition coefficient (Wildman–Crippen LogP) is 2.40. The van der Waals surface area contributed by atoms with Gasteiger partial charge in [-0.1, -0.05) is 18.2 Å². The largest absolute Gasteiger partial charge is 0.496 e. The molecule has 1 aromatic carbocycles. The molecule has 126 valence electrons. The van der Waals surface area contributed by atoms with Crippen molar-refractivity contribution in [2.75, 3.05) is 20.3 Å². The van der Waals surface area contributed by atoms with Gasteiger partial charge in [0.25, 0.3) is 5.91 Å². The number of ether oxygens (including phenoxy) is 2. The molecule has 24 heavy (non-hydrogen) atoms. The number of likely N-dealkylation sites (tertiary alicyclic amines) is 1. The Kier molecular flexibility index (Phi) is 3.98. The van der Waals surface area contributed by atoms with E-state index in [2.05, 4.69) is 11.1 Å². The predicted molar refractivity (Wildman–Crippen MR) is 87.9 cm³/mol. The lowest BCUT2D eigenvalue weighted by molar-refractivity contribution is 0.0673. The van der Waals surface area contributed by atoms with Crippen LogP contribution in [0.3, 0.4) is 0 Å². The standard InChI is InChI=1S/C18H21N3O3/c1-23-16-7-3-2-5-13(16)14-6-4-8-21(14)18(22)15-11-19-17-12-24-10-9-20(15)17/h2-3,5,7,11,14H,4,6,8-10,12H2,1H3. The Morgan fingerprint density at radius 2 is 2.21 bits per heavy atom. The Labute approximate surface area is 141 Å². The number of para-hydroxylation sites is 1. The summed E-state index contributed by atoms with van der Waals surface area (Å²) in [5.41, 5.74) is 1.74. The van der Waals surface area contributed by atoms with E-state index in [1.165, 1.54) is 0 Å². The molecule has 1 amide bonds. The number of carbonyl (C=O) groups excluding carboxylic acids is 1. The number of imidazole rings is 1. The molecule has 2 aromatic rings. The van der Waals surface area contributed by atoms with Crippen molar-refractivity contribution in [3.05, 3.63) is 47.5 Å². The Hall–Kier alpha value is -2.34.